The van der Waals surface area contributed by atoms with Crippen LogP contribution in [-0.4, -0.2) is 21.5 Å². The quantitative estimate of drug-likeness (QED) is 0.541. The van der Waals surface area contributed by atoms with Crippen molar-refractivity contribution >= 4 is 29.1 Å². The number of aromatic nitrogens is 2. The van der Waals surface area contributed by atoms with Crippen LogP contribution >= 0.6 is 23.2 Å². The zero-order valence-corrected chi connectivity index (χ0v) is 17.5. The molecular weight excluding hydrogens is 411 g/mol. The summed E-state index contributed by atoms with van der Waals surface area (Å²) in [5.74, 6) is 0.210. The third-order valence-corrected chi connectivity index (χ3v) is 5.31. The lowest BCUT2D eigenvalue weighted by atomic mass is 10.1. The van der Waals surface area contributed by atoms with Crippen LogP contribution in [0.4, 0.5) is 0 Å². The number of amides is 1. The van der Waals surface area contributed by atoms with E-state index in [0.717, 1.165) is 16.8 Å². The topological polar surface area (TPSA) is 82.2 Å². The lowest BCUT2D eigenvalue weighted by Crippen LogP contribution is -2.42. The summed E-state index contributed by atoms with van der Waals surface area (Å²) < 4.78 is 7.64. The highest BCUT2D eigenvalue weighted by Gasteiger charge is 2.17. The van der Waals surface area contributed by atoms with Crippen LogP contribution in [0.3, 0.4) is 0 Å². The van der Waals surface area contributed by atoms with Crippen LogP contribution < -0.4 is 15.8 Å². The summed E-state index contributed by atoms with van der Waals surface area (Å²) >= 11 is 12.5. The molecule has 3 N–H and O–H groups in total. The molecule has 2 aromatic carbocycles. The molecule has 3 aromatic rings. The van der Waals surface area contributed by atoms with Gasteiger partial charge in [-0.05, 0) is 23.8 Å². The van der Waals surface area contributed by atoms with Crippen LogP contribution in [0.1, 0.15) is 16.8 Å². The first kappa shape index (κ1) is 21.2. The van der Waals surface area contributed by atoms with Gasteiger partial charge in [0, 0.05) is 47.5 Å². The number of primary amides is 1. The molecule has 0 radical (unpaired) electrons. The van der Waals surface area contributed by atoms with Gasteiger partial charge in [-0.25, -0.2) is 4.98 Å². The van der Waals surface area contributed by atoms with Crippen molar-refractivity contribution in [1.29, 1.82) is 0 Å². The van der Waals surface area contributed by atoms with E-state index in [9.17, 15) is 4.79 Å². The maximum atomic E-state index is 11.8. The summed E-state index contributed by atoms with van der Waals surface area (Å²) in [6.45, 7) is 0.747. The van der Waals surface area contributed by atoms with Gasteiger partial charge in [-0.1, -0.05) is 47.5 Å². The second kappa shape index (κ2) is 9.78. The summed E-state index contributed by atoms with van der Waals surface area (Å²) in [6, 6.07) is 12.4. The molecule has 1 aromatic heterocycles. The van der Waals surface area contributed by atoms with Crippen molar-refractivity contribution in [2.24, 2.45) is 12.8 Å². The normalized spacial score (nSPS) is 12.0. The first-order chi connectivity index (χ1) is 13.9. The fraction of sp³-hybridized carbons (Fsp3) is 0.238. The number of ether oxygens (including phenoxy) is 1. The van der Waals surface area contributed by atoms with Gasteiger partial charge >= 0.3 is 0 Å². The van der Waals surface area contributed by atoms with E-state index < -0.39 is 11.9 Å². The van der Waals surface area contributed by atoms with E-state index in [0.29, 0.717) is 35.4 Å². The minimum absolute atomic E-state index is 0.349. The molecule has 0 spiro atoms. The SMILES string of the molecule is Cn1cncc1CC(NCc1ccc(OCc2ccccc2Cl)cc1Cl)C(N)=O. The molecule has 29 heavy (non-hydrogen) atoms. The van der Waals surface area contributed by atoms with E-state index in [2.05, 4.69) is 10.3 Å². The molecule has 6 nitrogen and oxygen atoms in total. The third-order valence-electron chi connectivity index (χ3n) is 4.59. The molecule has 0 bridgehead atoms. The van der Waals surface area contributed by atoms with Crippen molar-refractivity contribution < 1.29 is 9.53 Å². The molecule has 0 aliphatic heterocycles. The number of halogens is 2. The van der Waals surface area contributed by atoms with Crippen LogP contribution in [-0.2, 0) is 31.4 Å². The Morgan fingerprint density at radius 1 is 1.21 bits per heavy atom. The molecule has 1 unspecified atom stereocenters. The molecule has 0 aliphatic carbocycles. The Morgan fingerprint density at radius 2 is 2.00 bits per heavy atom. The molecule has 0 aliphatic rings. The van der Waals surface area contributed by atoms with Crippen LogP contribution in [0, 0.1) is 0 Å². The van der Waals surface area contributed by atoms with Gasteiger partial charge in [-0.3, -0.25) is 4.79 Å². The van der Waals surface area contributed by atoms with Crippen LogP contribution in [0.2, 0.25) is 10.0 Å². The fourth-order valence-electron chi connectivity index (χ4n) is 2.83. The monoisotopic (exact) mass is 432 g/mol. The Morgan fingerprint density at radius 3 is 2.66 bits per heavy atom. The van der Waals surface area contributed by atoms with Gasteiger partial charge < -0.3 is 20.4 Å². The Labute approximate surface area is 179 Å². The highest BCUT2D eigenvalue weighted by Crippen LogP contribution is 2.24. The van der Waals surface area contributed by atoms with Gasteiger partial charge in [0.2, 0.25) is 5.91 Å². The summed E-state index contributed by atoms with van der Waals surface area (Å²) in [5.41, 5.74) is 8.19. The summed E-state index contributed by atoms with van der Waals surface area (Å²) in [4.78, 5) is 15.9. The second-order valence-electron chi connectivity index (χ2n) is 6.67. The smallest absolute Gasteiger partial charge is 0.234 e. The zero-order valence-electron chi connectivity index (χ0n) is 15.9. The predicted molar refractivity (Wildman–Crippen MR) is 114 cm³/mol. The van der Waals surface area contributed by atoms with Crippen LogP contribution in [0.15, 0.2) is 55.0 Å². The summed E-state index contributed by atoms with van der Waals surface area (Å²) in [7, 11) is 1.87. The first-order valence-electron chi connectivity index (χ1n) is 9.06. The molecular formula is C21H22Cl2N4O2. The first-order valence-corrected chi connectivity index (χ1v) is 9.82. The van der Waals surface area contributed by atoms with Crippen molar-refractivity contribution in [3.05, 3.63) is 81.9 Å². The van der Waals surface area contributed by atoms with Crippen molar-refractivity contribution in [2.75, 3.05) is 0 Å². The van der Waals surface area contributed by atoms with Gasteiger partial charge in [0.15, 0.2) is 0 Å². The van der Waals surface area contributed by atoms with Gasteiger partial charge in [0.1, 0.15) is 12.4 Å². The maximum Gasteiger partial charge on any atom is 0.234 e. The van der Waals surface area contributed by atoms with E-state index in [1.165, 1.54) is 0 Å². The number of carbonyl (C=O) groups excluding carboxylic acids is 1. The highest BCUT2D eigenvalue weighted by molar-refractivity contribution is 6.31. The van der Waals surface area contributed by atoms with Gasteiger partial charge in [0.05, 0.1) is 12.4 Å². The molecule has 0 saturated heterocycles. The maximum absolute atomic E-state index is 11.8. The van der Waals surface area contributed by atoms with E-state index in [1.54, 1.807) is 18.6 Å². The van der Waals surface area contributed by atoms with Crippen molar-refractivity contribution in [2.45, 2.75) is 25.6 Å². The lowest BCUT2D eigenvalue weighted by Gasteiger charge is -2.16. The Bertz CT molecular complexity index is 990. The molecule has 1 atom stereocenters. The van der Waals surface area contributed by atoms with E-state index in [-0.39, 0.29) is 0 Å². The number of nitrogens with zero attached hydrogens (tertiary/aromatic N) is 2. The molecule has 0 fully saturated rings. The van der Waals surface area contributed by atoms with E-state index >= 15 is 0 Å². The standard InChI is InChI=1S/C21H22Cl2N4O2/c1-27-13-25-11-16(27)8-20(21(24)28)26-10-14-6-7-17(9-19(14)23)29-12-15-4-2-3-5-18(15)22/h2-7,9,11,13,20,26H,8,10,12H2,1H3,(H2,24,28). The number of hydrogen-bond donors (Lipinski definition) is 2. The van der Waals surface area contributed by atoms with Gasteiger partial charge in [0.25, 0.3) is 0 Å². The van der Waals surface area contributed by atoms with Crippen molar-refractivity contribution in [3.63, 3.8) is 0 Å². The molecule has 1 heterocycles. The fourth-order valence-corrected chi connectivity index (χ4v) is 3.26. The third kappa shape index (κ3) is 5.73. The highest BCUT2D eigenvalue weighted by atomic mass is 35.5. The Balaban J connectivity index is 1.60. The molecule has 3 rings (SSSR count). The zero-order chi connectivity index (χ0) is 20.8. The minimum atomic E-state index is -0.530. The van der Waals surface area contributed by atoms with E-state index in [1.807, 2.05) is 48.0 Å². The Kier molecular flexibility index (Phi) is 7.14. The average molecular weight is 433 g/mol. The molecule has 1 amide bonds. The van der Waals surface area contributed by atoms with Crippen LogP contribution in [0.5, 0.6) is 5.75 Å². The number of imidazole rings is 1. The predicted octanol–water partition coefficient (Wildman–Crippen LogP) is 3.49. The number of nitrogens with two attached hydrogens (primary N) is 1. The number of hydrogen-bond acceptors (Lipinski definition) is 4. The lowest BCUT2D eigenvalue weighted by molar-refractivity contribution is -0.120. The second-order valence-corrected chi connectivity index (χ2v) is 7.48. The molecule has 8 heteroatoms. The number of nitrogens with one attached hydrogen (secondary N) is 1. The average Bonchev–Trinajstić information content (AvgIpc) is 3.10. The number of rotatable bonds is 9. The van der Waals surface area contributed by atoms with E-state index in [4.69, 9.17) is 33.7 Å². The number of aryl methyl sites for hydroxylation is 1. The Hall–Kier alpha value is -2.54. The van der Waals surface area contributed by atoms with Crippen molar-refractivity contribution in [1.82, 2.24) is 14.9 Å². The van der Waals surface area contributed by atoms with Crippen LogP contribution in [0.25, 0.3) is 0 Å². The summed E-state index contributed by atoms with van der Waals surface area (Å²) in [5, 5.41) is 4.37. The summed E-state index contributed by atoms with van der Waals surface area (Å²) in [6.07, 6.45) is 3.85. The minimum Gasteiger partial charge on any atom is -0.489 e. The van der Waals surface area contributed by atoms with Gasteiger partial charge in [-0.15, -0.1) is 0 Å². The van der Waals surface area contributed by atoms with Gasteiger partial charge in [-0.2, -0.15) is 0 Å². The van der Waals surface area contributed by atoms with Crippen molar-refractivity contribution in [3.8, 4) is 5.75 Å². The number of benzene rings is 2. The molecule has 0 saturated carbocycles. The number of carbonyl (C=O) groups is 1. The molecule has 152 valence electrons. The largest absolute Gasteiger partial charge is 0.489 e.